The maximum atomic E-state index is 12.0. The molecule has 165 valence electrons. The third kappa shape index (κ3) is 7.42. The van der Waals surface area contributed by atoms with Crippen molar-refractivity contribution in [2.75, 3.05) is 6.61 Å². The zero-order chi connectivity index (χ0) is 22.2. The second-order valence-electron chi connectivity index (χ2n) is 5.74. The molecule has 5 N–H and O–H groups in total. The summed E-state index contributed by atoms with van der Waals surface area (Å²) in [6, 6.07) is 0. The van der Waals surface area contributed by atoms with Crippen molar-refractivity contribution >= 4 is 44.1 Å². The van der Waals surface area contributed by atoms with Crippen molar-refractivity contribution in [3.8, 4) is 0 Å². The average molecular weight is 544 g/mol. The number of nitrogens with zero attached hydrogens (tertiary/aromatic N) is 2. The van der Waals surface area contributed by atoms with Crippen molar-refractivity contribution in [3.05, 3.63) is 22.2 Å². The van der Waals surface area contributed by atoms with Gasteiger partial charge < -0.3 is 14.7 Å². The van der Waals surface area contributed by atoms with Crippen LogP contribution in [-0.2, 0) is 31.6 Å². The standard InChI is InChI=1S/C10H16N2O13P3Se/c1-5-3-12(10(14)11-9(5)29)8-2-6(13)7(23-8)4-22-27(18,19)25-28(20,21)24-26(15,16)17/h3,6-8,13H,2,4H2,1H3,(H,18,19)(H,20,21)(H2,15,16,17)/t6-,7+,8+/m0/s1. The van der Waals surface area contributed by atoms with Gasteiger partial charge in [0.1, 0.15) is 0 Å². The molecule has 1 aromatic heterocycles. The van der Waals surface area contributed by atoms with E-state index in [-0.39, 0.29) is 6.42 Å². The van der Waals surface area contributed by atoms with E-state index in [0.717, 1.165) is 4.57 Å². The van der Waals surface area contributed by atoms with Crippen LogP contribution in [0.4, 0.5) is 0 Å². The first-order valence-electron chi connectivity index (χ1n) is 7.47. The van der Waals surface area contributed by atoms with E-state index < -0.39 is 54.2 Å². The minimum atomic E-state index is -5.65. The van der Waals surface area contributed by atoms with Gasteiger partial charge in [-0.25, -0.2) is 9.13 Å². The maximum absolute atomic E-state index is 12.0. The van der Waals surface area contributed by atoms with Crippen molar-refractivity contribution in [1.82, 2.24) is 9.55 Å². The van der Waals surface area contributed by atoms with Gasteiger partial charge in [-0.3, -0.25) is 0 Å². The monoisotopic (exact) mass is 545 g/mol. The van der Waals surface area contributed by atoms with Crippen LogP contribution in [0.3, 0.4) is 0 Å². The summed E-state index contributed by atoms with van der Waals surface area (Å²) in [5, 5.41) is 10.0. The Morgan fingerprint density at radius 2 is 1.86 bits per heavy atom. The van der Waals surface area contributed by atoms with Crippen molar-refractivity contribution < 1.29 is 56.3 Å². The number of aryl methyl sites for hydroxylation is 1. The van der Waals surface area contributed by atoms with Gasteiger partial charge in [0, 0.05) is 0 Å². The molecule has 19 heteroatoms. The Balaban J connectivity index is 2.02. The first-order valence-corrected chi connectivity index (χ1v) is 12.8. The number of phosphoric ester groups is 1. The number of hydrogen-bond acceptors (Lipinski definition) is 10. The molecule has 0 saturated carbocycles. The Kier molecular flexibility index (Phi) is 7.82. The topological polar surface area (TPSA) is 224 Å². The summed E-state index contributed by atoms with van der Waals surface area (Å²) in [6.07, 6.45) is -2.14. The summed E-state index contributed by atoms with van der Waals surface area (Å²) in [7, 11) is -16.5. The minimum absolute atomic E-state index is 0.0990. The number of aliphatic hydroxyl groups excluding tert-OH is 1. The molecular formula is C10H16N2O13P3Se. The molecule has 15 nitrogen and oxygen atoms in total. The van der Waals surface area contributed by atoms with Crippen LogP contribution in [0, 0.1) is 6.92 Å². The summed E-state index contributed by atoms with van der Waals surface area (Å²) in [4.78, 5) is 51.1. The van der Waals surface area contributed by atoms with E-state index in [1.54, 1.807) is 6.92 Å². The normalized spacial score (nSPS) is 26.8. The van der Waals surface area contributed by atoms with Gasteiger partial charge in [-0.15, -0.1) is 0 Å². The molecule has 1 fully saturated rings. The molecule has 2 heterocycles. The molecule has 29 heavy (non-hydrogen) atoms. The van der Waals surface area contributed by atoms with E-state index in [2.05, 4.69) is 34.1 Å². The number of hydrogen-bond donors (Lipinski definition) is 5. The predicted molar refractivity (Wildman–Crippen MR) is 93.0 cm³/mol. The Morgan fingerprint density at radius 3 is 2.45 bits per heavy atom. The summed E-state index contributed by atoms with van der Waals surface area (Å²) in [6.45, 7) is 0.842. The molecule has 1 aliphatic rings. The van der Waals surface area contributed by atoms with Crippen molar-refractivity contribution in [2.45, 2.75) is 31.8 Å². The van der Waals surface area contributed by atoms with Gasteiger partial charge >= 0.3 is 142 Å². The van der Waals surface area contributed by atoms with Crippen LogP contribution in [0.2, 0.25) is 0 Å². The van der Waals surface area contributed by atoms with Crippen molar-refractivity contribution in [2.24, 2.45) is 0 Å². The van der Waals surface area contributed by atoms with E-state index in [1.165, 1.54) is 6.20 Å². The number of ether oxygens (including phenoxy) is 1. The van der Waals surface area contributed by atoms with Crippen LogP contribution in [0.1, 0.15) is 18.2 Å². The molecule has 1 radical (unpaired) electrons. The molecule has 0 spiro atoms. The second-order valence-corrected chi connectivity index (χ2v) is 11.0. The number of aromatic nitrogens is 2. The number of rotatable bonds is 8. The molecule has 1 aromatic rings. The SMILES string of the molecule is Cc1cn([C@H]2C[C@H](O)[C@@H](COP(=O)(O)OP(=O)(O)OP(=O)(O)O)O2)c(=O)nc1[Se]. The van der Waals surface area contributed by atoms with Crippen LogP contribution in [0.15, 0.2) is 11.0 Å². The van der Waals surface area contributed by atoms with Gasteiger partial charge in [-0.2, -0.15) is 4.31 Å². The summed E-state index contributed by atoms with van der Waals surface area (Å²) < 4.78 is 52.0. The van der Waals surface area contributed by atoms with Crippen molar-refractivity contribution in [1.29, 1.82) is 0 Å². The molecule has 1 saturated heterocycles. The predicted octanol–water partition coefficient (Wildman–Crippen LogP) is -1.66. The van der Waals surface area contributed by atoms with Gasteiger partial charge in [-0.05, 0) is 0 Å². The van der Waals surface area contributed by atoms with Crippen LogP contribution >= 0.6 is 23.5 Å². The molecule has 0 aromatic carbocycles. The zero-order valence-electron chi connectivity index (χ0n) is 14.4. The van der Waals surface area contributed by atoms with Gasteiger partial charge in [0.15, 0.2) is 0 Å². The van der Waals surface area contributed by atoms with Gasteiger partial charge in [0.2, 0.25) is 0 Å². The zero-order valence-corrected chi connectivity index (χ0v) is 18.8. The Hall–Kier alpha value is -0.271. The summed E-state index contributed by atoms with van der Waals surface area (Å²) >= 11 is 2.61. The van der Waals surface area contributed by atoms with E-state index in [9.17, 15) is 28.5 Å². The molecule has 2 unspecified atom stereocenters. The first kappa shape index (κ1) is 25.0. The molecule has 1 aliphatic heterocycles. The third-order valence-electron chi connectivity index (χ3n) is 3.42. The van der Waals surface area contributed by atoms with E-state index in [4.69, 9.17) is 19.4 Å². The summed E-state index contributed by atoms with van der Waals surface area (Å²) in [5.41, 5.74) is -0.0468. The molecule has 0 bridgehead atoms. The molecule has 5 atom stereocenters. The Labute approximate surface area is 170 Å². The van der Waals surface area contributed by atoms with Crippen LogP contribution in [0.25, 0.3) is 0 Å². The molecule has 2 rings (SSSR count). The molecule has 0 amide bonds. The fourth-order valence-corrected chi connectivity index (χ4v) is 5.57. The Morgan fingerprint density at radius 1 is 1.24 bits per heavy atom. The Bertz CT molecular complexity index is 963. The molecule has 0 aliphatic carbocycles. The fraction of sp³-hybridized carbons (Fsp3) is 0.600. The fourth-order valence-electron chi connectivity index (χ4n) is 2.26. The third-order valence-corrected chi connectivity index (χ3v) is 8.09. The van der Waals surface area contributed by atoms with E-state index in [0.29, 0.717) is 10.2 Å². The van der Waals surface area contributed by atoms with Crippen LogP contribution < -0.4 is 10.3 Å². The van der Waals surface area contributed by atoms with E-state index >= 15 is 0 Å². The van der Waals surface area contributed by atoms with E-state index in [1.807, 2.05) is 0 Å². The van der Waals surface area contributed by atoms with Crippen LogP contribution in [-0.4, -0.2) is 69.1 Å². The van der Waals surface area contributed by atoms with Crippen LogP contribution in [0.5, 0.6) is 0 Å². The quantitative estimate of drug-likeness (QED) is 0.183. The van der Waals surface area contributed by atoms with Gasteiger partial charge in [-0.1, -0.05) is 0 Å². The van der Waals surface area contributed by atoms with Gasteiger partial charge in [0.05, 0.1) is 0 Å². The number of aliphatic hydroxyl groups is 1. The molecular weight excluding hydrogens is 528 g/mol. The summed E-state index contributed by atoms with van der Waals surface area (Å²) in [5.74, 6) is 0. The average Bonchev–Trinajstić information content (AvgIpc) is 2.86. The number of phosphoric acid groups is 3. The van der Waals surface area contributed by atoms with Crippen molar-refractivity contribution in [3.63, 3.8) is 0 Å². The van der Waals surface area contributed by atoms with Gasteiger partial charge in [0.25, 0.3) is 0 Å². The first-order chi connectivity index (χ1) is 13.1. The second kappa shape index (κ2) is 9.07.